The number of halogens is 1. The number of anilines is 1. The lowest BCUT2D eigenvalue weighted by atomic mass is 9.92. The molecule has 1 aliphatic carbocycles. The molecule has 0 saturated heterocycles. The summed E-state index contributed by atoms with van der Waals surface area (Å²) >= 11 is 6.06. The normalized spacial score (nSPS) is 16.6. The van der Waals surface area contributed by atoms with Gasteiger partial charge in [0, 0.05) is 16.3 Å². The number of hydrogen-bond acceptors (Lipinski definition) is 4. The Hall–Kier alpha value is -1.62. The van der Waals surface area contributed by atoms with Gasteiger partial charge in [0.05, 0.1) is 6.54 Å². The van der Waals surface area contributed by atoms with E-state index >= 15 is 0 Å². The molecule has 0 unspecified atom stereocenters. The molecule has 1 aromatic heterocycles. The van der Waals surface area contributed by atoms with E-state index in [1.165, 1.54) is 12.8 Å². The van der Waals surface area contributed by atoms with Crippen molar-refractivity contribution in [2.45, 2.75) is 33.2 Å². The summed E-state index contributed by atoms with van der Waals surface area (Å²) in [6.45, 7) is 5.36. The van der Waals surface area contributed by atoms with Crippen LogP contribution in [-0.2, 0) is 6.54 Å². The molecule has 6 heteroatoms. The van der Waals surface area contributed by atoms with Crippen LogP contribution in [0.15, 0.2) is 18.2 Å². The van der Waals surface area contributed by atoms with E-state index in [1.807, 2.05) is 16.8 Å². The summed E-state index contributed by atoms with van der Waals surface area (Å²) in [7, 11) is 0. The van der Waals surface area contributed by atoms with Crippen LogP contribution in [0.5, 0.6) is 0 Å². The second-order valence-corrected chi connectivity index (χ2v) is 6.39. The first kappa shape index (κ1) is 13.4. The summed E-state index contributed by atoms with van der Waals surface area (Å²) < 4.78 is 1.87. The number of rotatable bonds is 4. The SMILES string of the molecule is CC(C)C1(Cn2nnnc2-c2cc(N)cc(Cl)c2)CC1. The molecule has 0 spiro atoms. The Bertz CT molecular complexity index is 610. The third kappa shape index (κ3) is 2.38. The predicted molar refractivity (Wildman–Crippen MR) is 79.2 cm³/mol. The first-order valence-corrected chi connectivity index (χ1v) is 7.21. The summed E-state index contributed by atoms with van der Waals surface area (Å²) in [4.78, 5) is 0. The van der Waals surface area contributed by atoms with Crippen LogP contribution in [-0.4, -0.2) is 20.2 Å². The molecule has 0 amide bonds. The lowest BCUT2D eigenvalue weighted by Gasteiger charge is -2.19. The van der Waals surface area contributed by atoms with Gasteiger partial charge in [0.2, 0.25) is 0 Å². The monoisotopic (exact) mass is 291 g/mol. The number of nitrogens with zero attached hydrogens (tertiary/aromatic N) is 4. The van der Waals surface area contributed by atoms with E-state index in [2.05, 4.69) is 29.4 Å². The lowest BCUT2D eigenvalue weighted by Crippen LogP contribution is -2.19. The summed E-state index contributed by atoms with van der Waals surface area (Å²) in [5.41, 5.74) is 7.66. The highest BCUT2D eigenvalue weighted by atomic mass is 35.5. The molecule has 5 nitrogen and oxygen atoms in total. The second-order valence-electron chi connectivity index (χ2n) is 5.95. The van der Waals surface area contributed by atoms with E-state index in [-0.39, 0.29) is 0 Å². The van der Waals surface area contributed by atoms with E-state index in [0.29, 0.717) is 22.0 Å². The highest BCUT2D eigenvalue weighted by Gasteiger charge is 2.46. The van der Waals surface area contributed by atoms with Crippen molar-refractivity contribution in [2.75, 3.05) is 5.73 Å². The van der Waals surface area contributed by atoms with E-state index in [1.54, 1.807) is 6.07 Å². The first-order chi connectivity index (χ1) is 9.50. The number of nitrogen functional groups attached to an aromatic ring is 1. The predicted octanol–water partition coefficient (Wildman–Crippen LogP) is 3.01. The van der Waals surface area contributed by atoms with Crippen molar-refractivity contribution in [3.05, 3.63) is 23.2 Å². The molecular formula is C14H18ClN5. The standard InChI is InChI=1S/C14H18ClN5/c1-9(2)14(3-4-14)8-20-13(17-18-19-20)10-5-11(15)7-12(16)6-10/h5-7,9H,3-4,8,16H2,1-2H3. The minimum Gasteiger partial charge on any atom is -0.399 e. The topological polar surface area (TPSA) is 69.6 Å². The molecule has 1 aromatic carbocycles. The van der Waals surface area contributed by atoms with Gasteiger partial charge in [0.1, 0.15) is 0 Å². The minimum atomic E-state index is 0.342. The van der Waals surface area contributed by atoms with Gasteiger partial charge in [0.15, 0.2) is 5.82 Å². The molecule has 106 valence electrons. The van der Waals surface area contributed by atoms with E-state index in [0.717, 1.165) is 17.9 Å². The number of tetrazole rings is 1. The van der Waals surface area contributed by atoms with Gasteiger partial charge in [-0.2, -0.15) is 0 Å². The maximum atomic E-state index is 6.06. The zero-order valence-electron chi connectivity index (χ0n) is 11.7. The minimum absolute atomic E-state index is 0.342. The van der Waals surface area contributed by atoms with Gasteiger partial charge in [-0.15, -0.1) is 5.10 Å². The van der Waals surface area contributed by atoms with Crippen LogP contribution >= 0.6 is 11.6 Å². The van der Waals surface area contributed by atoms with E-state index < -0.39 is 0 Å². The average molecular weight is 292 g/mol. The summed E-state index contributed by atoms with van der Waals surface area (Å²) in [5.74, 6) is 1.36. The van der Waals surface area contributed by atoms with Gasteiger partial charge < -0.3 is 5.73 Å². The number of benzene rings is 1. The fourth-order valence-electron chi connectivity index (χ4n) is 2.64. The molecule has 2 aromatic rings. The van der Waals surface area contributed by atoms with Crippen molar-refractivity contribution in [2.24, 2.45) is 11.3 Å². The highest BCUT2D eigenvalue weighted by molar-refractivity contribution is 6.31. The first-order valence-electron chi connectivity index (χ1n) is 6.83. The van der Waals surface area contributed by atoms with Crippen molar-refractivity contribution in [3.8, 4) is 11.4 Å². The number of aromatic nitrogens is 4. The molecule has 2 N–H and O–H groups in total. The van der Waals surface area contributed by atoms with Crippen LogP contribution in [0, 0.1) is 11.3 Å². The Morgan fingerprint density at radius 3 is 2.70 bits per heavy atom. The van der Waals surface area contributed by atoms with Crippen LogP contribution < -0.4 is 5.73 Å². The second kappa shape index (κ2) is 4.74. The Morgan fingerprint density at radius 1 is 1.35 bits per heavy atom. The fraction of sp³-hybridized carbons (Fsp3) is 0.500. The Balaban J connectivity index is 1.94. The molecule has 0 radical (unpaired) electrons. The van der Waals surface area contributed by atoms with E-state index in [9.17, 15) is 0 Å². The van der Waals surface area contributed by atoms with Crippen LogP contribution in [0.3, 0.4) is 0 Å². The fourth-order valence-corrected chi connectivity index (χ4v) is 2.88. The lowest BCUT2D eigenvalue weighted by molar-refractivity contribution is 0.294. The maximum Gasteiger partial charge on any atom is 0.182 e. The molecular weight excluding hydrogens is 274 g/mol. The van der Waals surface area contributed by atoms with Gasteiger partial charge in [-0.05, 0) is 52.8 Å². The molecule has 3 rings (SSSR count). The molecule has 1 saturated carbocycles. The largest absolute Gasteiger partial charge is 0.399 e. The van der Waals surface area contributed by atoms with Gasteiger partial charge in [-0.25, -0.2) is 4.68 Å². The van der Waals surface area contributed by atoms with Crippen LogP contribution in [0.2, 0.25) is 5.02 Å². The van der Waals surface area contributed by atoms with Crippen LogP contribution in [0.4, 0.5) is 5.69 Å². The molecule has 0 aliphatic heterocycles. The van der Waals surface area contributed by atoms with E-state index in [4.69, 9.17) is 17.3 Å². The molecule has 1 aliphatic rings. The maximum absolute atomic E-state index is 6.06. The van der Waals surface area contributed by atoms with Crippen LogP contribution in [0.25, 0.3) is 11.4 Å². The van der Waals surface area contributed by atoms with Crippen LogP contribution in [0.1, 0.15) is 26.7 Å². The van der Waals surface area contributed by atoms with Gasteiger partial charge in [0.25, 0.3) is 0 Å². The van der Waals surface area contributed by atoms with Crippen molar-refractivity contribution in [3.63, 3.8) is 0 Å². The number of nitrogens with two attached hydrogens (primary N) is 1. The zero-order chi connectivity index (χ0) is 14.3. The smallest absolute Gasteiger partial charge is 0.182 e. The Kier molecular flexibility index (Phi) is 3.17. The van der Waals surface area contributed by atoms with Gasteiger partial charge in [-0.3, -0.25) is 0 Å². The third-order valence-electron chi connectivity index (χ3n) is 4.29. The zero-order valence-corrected chi connectivity index (χ0v) is 12.4. The molecule has 0 bridgehead atoms. The summed E-state index contributed by atoms with van der Waals surface area (Å²) in [6.07, 6.45) is 2.48. The quantitative estimate of drug-likeness (QED) is 0.879. The molecule has 1 fully saturated rings. The van der Waals surface area contributed by atoms with Crippen molar-refractivity contribution >= 4 is 17.3 Å². The third-order valence-corrected chi connectivity index (χ3v) is 4.51. The van der Waals surface area contributed by atoms with Crippen molar-refractivity contribution in [1.29, 1.82) is 0 Å². The molecule has 0 atom stereocenters. The Morgan fingerprint density at radius 2 is 2.10 bits per heavy atom. The van der Waals surface area contributed by atoms with Gasteiger partial charge >= 0.3 is 0 Å². The number of hydrogen-bond donors (Lipinski definition) is 1. The Labute approximate surface area is 123 Å². The van der Waals surface area contributed by atoms with Crippen molar-refractivity contribution < 1.29 is 0 Å². The summed E-state index contributed by atoms with van der Waals surface area (Å²) in [6, 6.07) is 5.41. The highest BCUT2D eigenvalue weighted by Crippen LogP contribution is 2.53. The molecule has 20 heavy (non-hydrogen) atoms. The average Bonchev–Trinajstić information content (AvgIpc) is 2.99. The molecule has 1 heterocycles. The van der Waals surface area contributed by atoms with Crippen molar-refractivity contribution in [1.82, 2.24) is 20.2 Å². The van der Waals surface area contributed by atoms with Gasteiger partial charge in [-0.1, -0.05) is 25.4 Å². The summed E-state index contributed by atoms with van der Waals surface area (Å²) in [5, 5.41) is 12.7.